The topological polar surface area (TPSA) is 77.9 Å². The van der Waals surface area contributed by atoms with Gasteiger partial charge in [0.2, 0.25) is 5.91 Å². The van der Waals surface area contributed by atoms with Crippen molar-refractivity contribution in [3.8, 4) is 0 Å². The van der Waals surface area contributed by atoms with Gasteiger partial charge in [-0.1, -0.05) is 0 Å². The van der Waals surface area contributed by atoms with Crippen molar-refractivity contribution in [3.05, 3.63) is 0 Å². The summed E-state index contributed by atoms with van der Waals surface area (Å²) in [5.74, 6) is -0.271. The summed E-state index contributed by atoms with van der Waals surface area (Å²) in [5, 5.41) is 9.78. The Labute approximate surface area is 111 Å². The Hall–Kier alpha value is -0.370. The molecule has 0 unspecified atom stereocenters. The zero-order chi connectivity index (χ0) is 13.3. The number of hydrogen-bond acceptors (Lipinski definition) is 5. The lowest BCUT2D eigenvalue weighted by Crippen LogP contribution is -2.55. The van der Waals surface area contributed by atoms with Crippen molar-refractivity contribution in [3.63, 3.8) is 0 Å². The van der Waals surface area contributed by atoms with Gasteiger partial charge in [-0.05, 0) is 0 Å². The van der Waals surface area contributed by atoms with Gasteiger partial charge < -0.3 is 10.0 Å². The minimum atomic E-state index is -3.12. The normalized spacial score (nSPS) is 32.7. The van der Waals surface area contributed by atoms with Gasteiger partial charge in [0.1, 0.15) is 5.88 Å². The van der Waals surface area contributed by atoms with Crippen molar-refractivity contribution in [1.82, 2.24) is 9.80 Å². The molecule has 6 nitrogen and oxygen atoms in total. The molecule has 0 spiro atoms. The van der Waals surface area contributed by atoms with Gasteiger partial charge in [0.25, 0.3) is 0 Å². The first-order valence-electron chi connectivity index (χ1n) is 5.89. The maximum atomic E-state index is 11.4. The van der Waals surface area contributed by atoms with Crippen LogP contribution in [0.1, 0.15) is 0 Å². The summed E-state index contributed by atoms with van der Waals surface area (Å²) >= 11 is 5.49. The van der Waals surface area contributed by atoms with Gasteiger partial charge in [-0.3, -0.25) is 9.69 Å². The summed E-state index contributed by atoms with van der Waals surface area (Å²) in [6.45, 7) is 2.24. The Morgan fingerprint density at radius 3 is 2.28 bits per heavy atom. The van der Waals surface area contributed by atoms with Gasteiger partial charge in [-0.2, -0.15) is 0 Å². The number of carbonyl (C=O) groups is 1. The molecule has 1 amide bonds. The highest BCUT2D eigenvalue weighted by atomic mass is 35.5. The van der Waals surface area contributed by atoms with E-state index in [9.17, 15) is 18.3 Å². The average molecular weight is 297 g/mol. The molecular formula is C10H17ClN2O4S. The Morgan fingerprint density at radius 2 is 1.83 bits per heavy atom. The molecule has 2 aliphatic heterocycles. The maximum Gasteiger partial charge on any atom is 0.237 e. The third-order valence-corrected chi connectivity index (χ3v) is 5.47. The molecule has 2 fully saturated rings. The fourth-order valence-corrected chi connectivity index (χ4v) is 4.55. The summed E-state index contributed by atoms with van der Waals surface area (Å²) in [7, 11) is -3.12. The number of rotatable bonds is 2. The molecule has 1 N–H and O–H groups in total. The van der Waals surface area contributed by atoms with Crippen LogP contribution < -0.4 is 0 Å². The van der Waals surface area contributed by atoms with E-state index in [2.05, 4.69) is 0 Å². The van der Waals surface area contributed by atoms with Gasteiger partial charge in [-0.15, -0.1) is 11.6 Å². The molecule has 2 atom stereocenters. The van der Waals surface area contributed by atoms with Crippen LogP contribution in [-0.4, -0.2) is 84.9 Å². The molecule has 0 aromatic heterocycles. The van der Waals surface area contributed by atoms with E-state index in [0.29, 0.717) is 26.2 Å². The Kier molecular flexibility index (Phi) is 4.15. The minimum absolute atomic E-state index is 0.0115. The molecule has 0 saturated carbocycles. The molecule has 0 aromatic carbocycles. The van der Waals surface area contributed by atoms with Crippen molar-refractivity contribution < 1.29 is 18.3 Å². The zero-order valence-electron chi connectivity index (χ0n) is 9.96. The fourth-order valence-electron chi connectivity index (χ4n) is 2.55. The first kappa shape index (κ1) is 14.0. The lowest BCUT2D eigenvalue weighted by molar-refractivity contribution is -0.130. The second-order valence-corrected chi connectivity index (χ2v) is 7.18. The van der Waals surface area contributed by atoms with Crippen LogP contribution in [0.4, 0.5) is 0 Å². The number of carbonyl (C=O) groups excluding carboxylic acids is 1. The quantitative estimate of drug-likeness (QED) is 0.629. The lowest BCUT2D eigenvalue weighted by atomic mass is 10.1. The Morgan fingerprint density at radius 1 is 1.22 bits per heavy atom. The maximum absolute atomic E-state index is 11.4. The number of sulfone groups is 1. The van der Waals surface area contributed by atoms with Crippen LogP contribution in [0.2, 0.25) is 0 Å². The van der Waals surface area contributed by atoms with Gasteiger partial charge in [0.15, 0.2) is 9.84 Å². The minimum Gasteiger partial charge on any atom is -0.390 e. The molecule has 104 valence electrons. The lowest BCUT2D eigenvalue weighted by Gasteiger charge is -2.38. The molecule has 2 heterocycles. The molecule has 2 aliphatic rings. The molecule has 0 aliphatic carbocycles. The molecule has 0 aromatic rings. The van der Waals surface area contributed by atoms with E-state index >= 15 is 0 Å². The largest absolute Gasteiger partial charge is 0.390 e. The van der Waals surface area contributed by atoms with Crippen LogP contribution >= 0.6 is 11.6 Å². The number of hydrogen-bond donors (Lipinski definition) is 1. The van der Waals surface area contributed by atoms with Gasteiger partial charge in [0, 0.05) is 26.2 Å². The first-order chi connectivity index (χ1) is 8.43. The highest BCUT2D eigenvalue weighted by Crippen LogP contribution is 2.20. The third-order valence-electron chi connectivity index (χ3n) is 3.54. The van der Waals surface area contributed by atoms with Crippen LogP contribution in [-0.2, 0) is 14.6 Å². The highest BCUT2D eigenvalue weighted by Gasteiger charge is 2.40. The second-order valence-electron chi connectivity index (χ2n) is 4.76. The van der Waals surface area contributed by atoms with E-state index < -0.39 is 15.9 Å². The van der Waals surface area contributed by atoms with Crippen LogP contribution in [0.15, 0.2) is 0 Å². The number of aliphatic hydroxyl groups is 1. The summed E-state index contributed by atoms with van der Waals surface area (Å²) < 4.78 is 22.9. The number of halogens is 1. The van der Waals surface area contributed by atoms with Crippen LogP contribution in [0.25, 0.3) is 0 Å². The van der Waals surface area contributed by atoms with Crippen LogP contribution in [0.3, 0.4) is 0 Å². The number of alkyl halides is 1. The zero-order valence-corrected chi connectivity index (χ0v) is 11.5. The second kappa shape index (κ2) is 5.32. The smallest absolute Gasteiger partial charge is 0.237 e. The number of nitrogens with zero attached hydrogens (tertiary/aromatic N) is 2. The van der Waals surface area contributed by atoms with Crippen molar-refractivity contribution in [1.29, 1.82) is 0 Å². The molecule has 2 saturated heterocycles. The monoisotopic (exact) mass is 296 g/mol. The first-order valence-corrected chi connectivity index (χ1v) is 8.25. The third kappa shape index (κ3) is 2.96. The van der Waals surface area contributed by atoms with Gasteiger partial charge in [-0.25, -0.2) is 8.42 Å². The number of amides is 1. The number of aliphatic hydroxyl groups excluding tert-OH is 1. The predicted octanol–water partition coefficient (Wildman–Crippen LogP) is -1.47. The van der Waals surface area contributed by atoms with E-state index in [0.717, 1.165) is 0 Å². The van der Waals surface area contributed by atoms with Crippen molar-refractivity contribution in [2.75, 3.05) is 43.6 Å². The molecular weight excluding hydrogens is 280 g/mol. The van der Waals surface area contributed by atoms with Crippen molar-refractivity contribution in [2.24, 2.45) is 0 Å². The summed E-state index contributed by atoms with van der Waals surface area (Å²) in [5.41, 5.74) is 0. The SMILES string of the molecule is O=C(CCl)N1CCN([C@@H]2CS(=O)(=O)C[C@@H]2O)CC1. The van der Waals surface area contributed by atoms with E-state index in [1.807, 2.05) is 4.90 Å². The summed E-state index contributed by atoms with van der Waals surface area (Å²) in [4.78, 5) is 15.0. The van der Waals surface area contributed by atoms with Gasteiger partial charge >= 0.3 is 0 Å². The Bertz CT molecular complexity index is 420. The van der Waals surface area contributed by atoms with Crippen LogP contribution in [0.5, 0.6) is 0 Å². The van der Waals surface area contributed by atoms with E-state index in [1.54, 1.807) is 4.90 Å². The average Bonchev–Trinajstić information content (AvgIpc) is 2.62. The molecule has 0 bridgehead atoms. The standard InChI is InChI=1S/C10H17ClN2O4S/c11-5-10(15)13-3-1-12(2-4-13)8-6-18(16,17)7-9(8)14/h8-9,14H,1-7H2/t8-,9+/m1/s1. The van der Waals surface area contributed by atoms with Gasteiger partial charge in [0.05, 0.1) is 23.7 Å². The summed E-state index contributed by atoms with van der Waals surface area (Å²) in [6, 6.07) is -0.330. The van der Waals surface area contributed by atoms with Crippen molar-refractivity contribution in [2.45, 2.75) is 12.1 Å². The van der Waals surface area contributed by atoms with Crippen molar-refractivity contribution >= 4 is 27.3 Å². The summed E-state index contributed by atoms with van der Waals surface area (Å²) in [6.07, 6.45) is -0.815. The highest BCUT2D eigenvalue weighted by molar-refractivity contribution is 7.91. The predicted molar refractivity (Wildman–Crippen MR) is 67.3 cm³/mol. The van der Waals surface area contributed by atoms with Crippen LogP contribution in [0, 0.1) is 0 Å². The molecule has 2 rings (SSSR count). The molecule has 8 heteroatoms. The number of piperazine rings is 1. The molecule has 18 heavy (non-hydrogen) atoms. The van der Waals surface area contributed by atoms with E-state index in [1.165, 1.54) is 0 Å². The Balaban J connectivity index is 1.92. The fraction of sp³-hybridized carbons (Fsp3) is 0.900. The van der Waals surface area contributed by atoms with E-state index in [-0.39, 0.29) is 29.3 Å². The molecule has 0 radical (unpaired) electrons. The van der Waals surface area contributed by atoms with E-state index in [4.69, 9.17) is 11.6 Å².